The second kappa shape index (κ2) is 3.07. The number of aryl methyl sites for hydroxylation is 1. The van der Waals surface area contributed by atoms with Crippen molar-refractivity contribution in [3.05, 3.63) is 39.4 Å². The third-order valence-corrected chi connectivity index (χ3v) is 4.42. The van der Waals surface area contributed by atoms with Crippen molar-refractivity contribution >= 4 is 5.69 Å². The zero-order chi connectivity index (χ0) is 12.3. The summed E-state index contributed by atoms with van der Waals surface area (Å²) in [6.07, 6.45) is 3.99. The van der Waals surface area contributed by atoms with Gasteiger partial charge in [0.2, 0.25) is 0 Å². The number of nitro groups is 1. The molecule has 2 saturated carbocycles. The van der Waals surface area contributed by atoms with E-state index in [1.165, 1.54) is 0 Å². The minimum atomic E-state index is -0.270. The molecule has 3 rings (SSSR count). The molecule has 0 bridgehead atoms. The van der Waals surface area contributed by atoms with Gasteiger partial charge in [0, 0.05) is 22.6 Å². The van der Waals surface area contributed by atoms with Crippen molar-refractivity contribution in [3.63, 3.8) is 0 Å². The van der Waals surface area contributed by atoms with Crippen LogP contribution in [0.2, 0.25) is 0 Å². The SMILES string of the molecule is Cc1cccc([N+](=O)[O-])c1C1(C2(N)CC2)CC1. The topological polar surface area (TPSA) is 69.2 Å². The highest BCUT2D eigenvalue weighted by Gasteiger charge is 2.66. The molecule has 0 atom stereocenters. The van der Waals surface area contributed by atoms with Crippen molar-refractivity contribution in [2.75, 3.05) is 0 Å². The Morgan fingerprint density at radius 1 is 1.29 bits per heavy atom. The van der Waals surface area contributed by atoms with Crippen LogP contribution < -0.4 is 5.73 Å². The molecule has 1 aromatic carbocycles. The molecule has 1 aromatic rings. The Balaban J connectivity index is 2.17. The molecule has 0 heterocycles. The summed E-state index contributed by atoms with van der Waals surface area (Å²) in [6, 6.07) is 5.31. The Bertz CT molecular complexity index is 502. The second-order valence-corrected chi connectivity index (χ2v) is 5.46. The summed E-state index contributed by atoms with van der Waals surface area (Å²) >= 11 is 0. The quantitative estimate of drug-likeness (QED) is 0.642. The number of hydrogen-bond donors (Lipinski definition) is 1. The summed E-state index contributed by atoms with van der Waals surface area (Å²) in [7, 11) is 0. The summed E-state index contributed by atoms with van der Waals surface area (Å²) < 4.78 is 0. The maximum Gasteiger partial charge on any atom is 0.273 e. The van der Waals surface area contributed by atoms with Gasteiger partial charge in [-0.25, -0.2) is 0 Å². The van der Waals surface area contributed by atoms with Crippen molar-refractivity contribution < 1.29 is 4.92 Å². The van der Waals surface area contributed by atoms with E-state index in [2.05, 4.69) is 0 Å². The lowest BCUT2D eigenvalue weighted by molar-refractivity contribution is -0.386. The zero-order valence-electron chi connectivity index (χ0n) is 9.90. The minimum absolute atomic E-state index is 0.110. The molecule has 0 radical (unpaired) electrons. The summed E-state index contributed by atoms with van der Waals surface area (Å²) in [4.78, 5) is 10.9. The molecule has 0 saturated heterocycles. The largest absolute Gasteiger partial charge is 0.324 e. The van der Waals surface area contributed by atoms with E-state index in [-0.39, 0.29) is 21.6 Å². The molecule has 17 heavy (non-hydrogen) atoms. The van der Waals surface area contributed by atoms with Crippen molar-refractivity contribution in [1.82, 2.24) is 0 Å². The minimum Gasteiger partial charge on any atom is -0.324 e. The average Bonchev–Trinajstić information content (AvgIpc) is 3.14. The molecule has 0 amide bonds. The number of nitro benzene ring substituents is 1. The van der Waals surface area contributed by atoms with Crippen molar-refractivity contribution in [2.45, 2.75) is 43.6 Å². The fourth-order valence-corrected chi connectivity index (χ4v) is 3.16. The number of rotatable bonds is 3. The predicted molar refractivity (Wildman–Crippen MR) is 64.9 cm³/mol. The predicted octanol–water partition coefficient (Wildman–Crippen LogP) is 2.43. The van der Waals surface area contributed by atoms with Crippen LogP contribution >= 0.6 is 0 Å². The molecule has 0 unspecified atom stereocenters. The Hall–Kier alpha value is -1.42. The van der Waals surface area contributed by atoms with Gasteiger partial charge < -0.3 is 5.73 Å². The lowest BCUT2D eigenvalue weighted by Crippen LogP contribution is -2.38. The molecule has 2 aliphatic rings. The number of nitrogens with two attached hydrogens (primary N) is 1. The lowest BCUT2D eigenvalue weighted by atomic mass is 9.82. The van der Waals surface area contributed by atoms with E-state index >= 15 is 0 Å². The molecular weight excluding hydrogens is 216 g/mol. The van der Waals surface area contributed by atoms with E-state index in [1.54, 1.807) is 12.1 Å². The van der Waals surface area contributed by atoms with Gasteiger partial charge in [-0.1, -0.05) is 12.1 Å². The molecule has 0 aliphatic heterocycles. The van der Waals surface area contributed by atoms with Crippen LogP contribution in [-0.2, 0) is 5.41 Å². The van der Waals surface area contributed by atoms with Gasteiger partial charge in [0.15, 0.2) is 0 Å². The molecule has 2 aliphatic carbocycles. The van der Waals surface area contributed by atoms with E-state index in [4.69, 9.17) is 5.73 Å². The van der Waals surface area contributed by atoms with Crippen molar-refractivity contribution in [2.24, 2.45) is 5.73 Å². The van der Waals surface area contributed by atoms with E-state index in [0.29, 0.717) is 0 Å². The third kappa shape index (κ3) is 1.33. The highest BCUT2D eigenvalue weighted by atomic mass is 16.6. The van der Waals surface area contributed by atoms with Gasteiger partial charge in [-0.05, 0) is 38.2 Å². The second-order valence-electron chi connectivity index (χ2n) is 5.46. The van der Waals surface area contributed by atoms with Crippen LogP contribution in [-0.4, -0.2) is 10.5 Å². The molecule has 4 nitrogen and oxygen atoms in total. The van der Waals surface area contributed by atoms with Gasteiger partial charge in [0.1, 0.15) is 0 Å². The van der Waals surface area contributed by atoms with E-state index in [1.807, 2.05) is 13.0 Å². The first kappa shape index (κ1) is 10.7. The zero-order valence-corrected chi connectivity index (χ0v) is 9.90. The van der Waals surface area contributed by atoms with Crippen LogP contribution in [0, 0.1) is 17.0 Å². The van der Waals surface area contributed by atoms with E-state index < -0.39 is 0 Å². The molecule has 2 fully saturated rings. The van der Waals surface area contributed by atoms with Gasteiger partial charge >= 0.3 is 0 Å². The molecule has 4 heteroatoms. The normalized spacial score (nSPS) is 23.2. The van der Waals surface area contributed by atoms with Crippen LogP contribution in [0.3, 0.4) is 0 Å². The smallest absolute Gasteiger partial charge is 0.273 e. The fraction of sp³-hybridized carbons (Fsp3) is 0.538. The summed E-state index contributed by atoms with van der Waals surface area (Å²) in [6.45, 7) is 1.95. The lowest BCUT2D eigenvalue weighted by Gasteiger charge is -2.24. The Labute approximate surface area is 100.0 Å². The number of nitrogens with zero attached hydrogens (tertiary/aromatic N) is 1. The molecule has 0 aromatic heterocycles. The summed E-state index contributed by atoms with van der Waals surface area (Å²) in [5.41, 5.74) is 8.20. The van der Waals surface area contributed by atoms with Gasteiger partial charge in [-0.2, -0.15) is 0 Å². The van der Waals surface area contributed by atoms with Crippen LogP contribution in [0.5, 0.6) is 0 Å². The maximum atomic E-state index is 11.2. The van der Waals surface area contributed by atoms with Crippen LogP contribution in [0.4, 0.5) is 5.69 Å². The summed E-state index contributed by atoms with van der Waals surface area (Å²) in [5.74, 6) is 0. The fourth-order valence-electron chi connectivity index (χ4n) is 3.16. The monoisotopic (exact) mass is 232 g/mol. The molecule has 90 valence electrons. The first-order chi connectivity index (χ1) is 8.00. The van der Waals surface area contributed by atoms with Crippen LogP contribution in [0.1, 0.15) is 36.8 Å². The van der Waals surface area contributed by atoms with Gasteiger partial charge in [0.25, 0.3) is 5.69 Å². The van der Waals surface area contributed by atoms with Crippen LogP contribution in [0.15, 0.2) is 18.2 Å². The van der Waals surface area contributed by atoms with Crippen LogP contribution in [0.25, 0.3) is 0 Å². The maximum absolute atomic E-state index is 11.2. The first-order valence-electron chi connectivity index (χ1n) is 6.04. The number of hydrogen-bond acceptors (Lipinski definition) is 3. The Kier molecular flexibility index (Phi) is 1.94. The molecular formula is C13H16N2O2. The Morgan fingerprint density at radius 2 is 1.94 bits per heavy atom. The third-order valence-electron chi connectivity index (χ3n) is 4.42. The van der Waals surface area contributed by atoms with Crippen molar-refractivity contribution in [1.29, 1.82) is 0 Å². The Morgan fingerprint density at radius 3 is 2.41 bits per heavy atom. The average molecular weight is 232 g/mol. The van der Waals surface area contributed by atoms with Gasteiger partial charge in [0.05, 0.1) is 4.92 Å². The molecule has 2 N–H and O–H groups in total. The first-order valence-corrected chi connectivity index (χ1v) is 6.04. The number of benzene rings is 1. The summed E-state index contributed by atoms with van der Waals surface area (Å²) in [5, 5.41) is 11.2. The highest BCUT2D eigenvalue weighted by molar-refractivity contribution is 5.56. The van der Waals surface area contributed by atoms with Gasteiger partial charge in [-0.15, -0.1) is 0 Å². The highest BCUT2D eigenvalue weighted by Crippen LogP contribution is 2.65. The standard InChI is InChI=1S/C13H16N2O2/c1-9-3-2-4-10(15(16)17)11(9)12(5-6-12)13(14)7-8-13/h2-4H,5-8,14H2,1H3. The van der Waals surface area contributed by atoms with E-state index in [0.717, 1.165) is 36.8 Å². The molecule has 0 spiro atoms. The van der Waals surface area contributed by atoms with Gasteiger partial charge in [-0.3, -0.25) is 10.1 Å². The van der Waals surface area contributed by atoms with Crippen molar-refractivity contribution in [3.8, 4) is 0 Å². The van der Waals surface area contributed by atoms with E-state index in [9.17, 15) is 10.1 Å².